The number of carbonyl (C=O) groups excluding carboxylic acids is 1. The molecule has 37 heavy (non-hydrogen) atoms. The second-order valence-electron chi connectivity index (χ2n) is 8.37. The lowest BCUT2D eigenvalue weighted by Crippen LogP contribution is -2.33. The number of rotatable bonds is 10. The van der Waals surface area contributed by atoms with E-state index in [9.17, 15) is 22.0 Å². The fraction of sp³-hybridized carbons (Fsp3) is 0.269. The quantitative estimate of drug-likeness (QED) is 0.259. The predicted octanol–water partition coefficient (Wildman–Crippen LogP) is 5.63. The van der Waals surface area contributed by atoms with Crippen LogP contribution in [0.2, 0.25) is 0 Å². The van der Waals surface area contributed by atoms with Crippen LogP contribution in [-0.2, 0) is 16.6 Å². The fourth-order valence-corrected chi connectivity index (χ4v) is 6.49. The molecule has 0 aliphatic heterocycles. The molecule has 0 N–H and O–H groups in total. The number of pyridine rings is 1. The molecule has 4 aromatic rings. The Morgan fingerprint density at radius 3 is 2.32 bits per heavy atom. The van der Waals surface area contributed by atoms with Gasteiger partial charge < -0.3 is 0 Å². The van der Waals surface area contributed by atoms with E-state index >= 15 is 0 Å². The van der Waals surface area contributed by atoms with E-state index in [1.807, 2.05) is 13.8 Å². The van der Waals surface area contributed by atoms with E-state index in [-0.39, 0.29) is 32.4 Å². The molecule has 0 saturated heterocycles. The molecule has 11 heteroatoms. The molecule has 2 heterocycles. The van der Waals surface area contributed by atoms with Crippen LogP contribution in [0, 0.1) is 11.6 Å². The predicted molar refractivity (Wildman–Crippen MR) is 140 cm³/mol. The molecule has 0 saturated carbocycles. The van der Waals surface area contributed by atoms with E-state index in [0.717, 1.165) is 17.4 Å². The van der Waals surface area contributed by atoms with Gasteiger partial charge in [0.25, 0.3) is 5.91 Å². The number of benzene rings is 2. The summed E-state index contributed by atoms with van der Waals surface area (Å²) in [6.07, 6.45) is 2.96. The van der Waals surface area contributed by atoms with Gasteiger partial charge in [0.2, 0.25) is 10.0 Å². The molecular formula is C26H26F2N4O3S2. The van der Waals surface area contributed by atoms with Crippen LogP contribution < -0.4 is 4.90 Å². The second kappa shape index (κ2) is 11.4. The zero-order valence-electron chi connectivity index (χ0n) is 20.4. The first kappa shape index (κ1) is 26.8. The highest BCUT2D eigenvalue weighted by molar-refractivity contribution is 7.89. The summed E-state index contributed by atoms with van der Waals surface area (Å²) in [4.78, 5) is 23.6. The van der Waals surface area contributed by atoms with Crippen LogP contribution in [0.3, 0.4) is 0 Å². The maximum Gasteiger partial charge on any atom is 0.260 e. The number of aromatic nitrogens is 2. The Kier molecular flexibility index (Phi) is 8.25. The van der Waals surface area contributed by atoms with Crippen molar-refractivity contribution in [1.29, 1.82) is 0 Å². The zero-order chi connectivity index (χ0) is 26.6. The Hall–Kier alpha value is -3.28. The summed E-state index contributed by atoms with van der Waals surface area (Å²) in [6.45, 7) is 4.67. The average molecular weight is 545 g/mol. The van der Waals surface area contributed by atoms with Crippen LogP contribution in [0.25, 0.3) is 10.2 Å². The van der Waals surface area contributed by atoms with Gasteiger partial charge in [-0.1, -0.05) is 31.3 Å². The number of amides is 1. The summed E-state index contributed by atoms with van der Waals surface area (Å²) in [6, 6.07) is 12.9. The smallest absolute Gasteiger partial charge is 0.260 e. The Morgan fingerprint density at radius 2 is 1.70 bits per heavy atom. The highest BCUT2D eigenvalue weighted by Crippen LogP contribution is 2.33. The molecule has 1 amide bonds. The van der Waals surface area contributed by atoms with Crippen molar-refractivity contribution < 1.29 is 22.0 Å². The van der Waals surface area contributed by atoms with Gasteiger partial charge in [-0.2, -0.15) is 4.31 Å². The summed E-state index contributed by atoms with van der Waals surface area (Å²) in [7, 11) is -3.70. The first-order valence-electron chi connectivity index (χ1n) is 11.8. The standard InChI is InChI=1S/C26H26F2N4O3S2/c1-3-13-31(14-4-2)37(34,35)21-10-8-18(9-11-21)25(33)32(17-20-7-5-6-12-29-20)26-30-24-22(28)15-19(27)16-23(24)36-26/h5-12,15-16H,3-4,13-14,17H2,1-2H3. The minimum absolute atomic E-state index is 0.0322. The van der Waals surface area contributed by atoms with Crippen LogP contribution in [0.1, 0.15) is 42.7 Å². The van der Waals surface area contributed by atoms with E-state index in [2.05, 4.69) is 9.97 Å². The maximum atomic E-state index is 14.3. The van der Waals surface area contributed by atoms with Crippen LogP contribution >= 0.6 is 11.3 Å². The minimum Gasteiger partial charge on any atom is -0.278 e. The third kappa shape index (κ3) is 5.84. The van der Waals surface area contributed by atoms with E-state index in [1.54, 1.807) is 24.4 Å². The van der Waals surface area contributed by atoms with Gasteiger partial charge in [-0.25, -0.2) is 22.2 Å². The molecule has 0 radical (unpaired) electrons. The van der Waals surface area contributed by atoms with Gasteiger partial charge in [-0.15, -0.1) is 0 Å². The number of carbonyl (C=O) groups is 1. The highest BCUT2D eigenvalue weighted by Gasteiger charge is 2.26. The first-order valence-corrected chi connectivity index (χ1v) is 14.1. The number of hydrogen-bond acceptors (Lipinski definition) is 6. The number of sulfonamides is 1. The number of fused-ring (bicyclic) bond motifs is 1. The lowest BCUT2D eigenvalue weighted by Gasteiger charge is -2.22. The monoisotopic (exact) mass is 544 g/mol. The lowest BCUT2D eigenvalue weighted by molar-refractivity contribution is 0.0984. The van der Waals surface area contributed by atoms with Crippen LogP contribution in [0.4, 0.5) is 13.9 Å². The van der Waals surface area contributed by atoms with Crippen molar-refractivity contribution >= 4 is 42.6 Å². The van der Waals surface area contributed by atoms with E-state index < -0.39 is 27.6 Å². The largest absolute Gasteiger partial charge is 0.278 e. The molecular weight excluding hydrogens is 518 g/mol. The summed E-state index contributed by atoms with van der Waals surface area (Å²) in [5.41, 5.74) is 0.752. The number of hydrogen-bond donors (Lipinski definition) is 0. The van der Waals surface area contributed by atoms with Gasteiger partial charge in [0, 0.05) is 30.9 Å². The van der Waals surface area contributed by atoms with Crippen molar-refractivity contribution in [2.45, 2.75) is 38.1 Å². The Bertz CT molecular complexity index is 1490. The Balaban J connectivity index is 1.70. The molecule has 2 aromatic carbocycles. The molecule has 0 fully saturated rings. The summed E-state index contributed by atoms with van der Waals surface area (Å²) >= 11 is 0.982. The van der Waals surface area contributed by atoms with Crippen molar-refractivity contribution in [3.05, 3.63) is 83.7 Å². The number of thiazole rings is 1. The molecule has 2 aromatic heterocycles. The summed E-state index contributed by atoms with van der Waals surface area (Å²) in [5.74, 6) is -2.03. The second-order valence-corrected chi connectivity index (χ2v) is 11.3. The van der Waals surface area contributed by atoms with Gasteiger partial charge in [-0.05, 0) is 55.3 Å². The fourth-order valence-electron chi connectivity index (χ4n) is 3.87. The van der Waals surface area contributed by atoms with E-state index in [0.29, 0.717) is 31.6 Å². The number of nitrogens with zero attached hydrogens (tertiary/aromatic N) is 4. The van der Waals surface area contributed by atoms with Crippen molar-refractivity contribution in [2.75, 3.05) is 18.0 Å². The maximum absolute atomic E-state index is 14.3. The summed E-state index contributed by atoms with van der Waals surface area (Å²) in [5, 5.41) is 0.170. The molecule has 7 nitrogen and oxygen atoms in total. The molecule has 194 valence electrons. The minimum atomic E-state index is -3.70. The van der Waals surface area contributed by atoms with Gasteiger partial charge in [0.15, 0.2) is 10.9 Å². The highest BCUT2D eigenvalue weighted by atomic mass is 32.2. The molecule has 4 rings (SSSR count). The molecule has 0 unspecified atom stereocenters. The van der Waals surface area contributed by atoms with Gasteiger partial charge in [0.1, 0.15) is 11.3 Å². The van der Waals surface area contributed by atoms with Crippen LogP contribution in [0.5, 0.6) is 0 Å². The Morgan fingerprint density at radius 1 is 1.00 bits per heavy atom. The third-order valence-electron chi connectivity index (χ3n) is 5.61. The van der Waals surface area contributed by atoms with Crippen LogP contribution in [0.15, 0.2) is 65.7 Å². The number of halogens is 2. The average Bonchev–Trinajstić information content (AvgIpc) is 3.31. The topological polar surface area (TPSA) is 83.5 Å². The molecule has 0 aliphatic rings. The van der Waals surface area contributed by atoms with Crippen molar-refractivity contribution in [2.24, 2.45) is 0 Å². The van der Waals surface area contributed by atoms with E-state index in [1.165, 1.54) is 39.5 Å². The number of anilines is 1. The lowest BCUT2D eigenvalue weighted by atomic mass is 10.2. The van der Waals surface area contributed by atoms with Crippen molar-refractivity contribution in [1.82, 2.24) is 14.3 Å². The van der Waals surface area contributed by atoms with Gasteiger partial charge >= 0.3 is 0 Å². The Labute approximate surface area is 218 Å². The van der Waals surface area contributed by atoms with Crippen molar-refractivity contribution in [3.8, 4) is 0 Å². The van der Waals surface area contributed by atoms with Gasteiger partial charge in [-0.3, -0.25) is 14.7 Å². The zero-order valence-corrected chi connectivity index (χ0v) is 22.0. The van der Waals surface area contributed by atoms with E-state index in [4.69, 9.17) is 0 Å². The van der Waals surface area contributed by atoms with Gasteiger partial charge in [0.05, 0.1) is 21.8 Å². The van der Waals surface area contributed by atoms with Crippen LogP contribution in [-0.4, -0.2) is 41.7 Å². The molecule has 0 bridgehead atoms. The third-order valence-corrected chi connectivity index (χ3v) is 8.55. The summed E-state index contributed by atoms with van der Waals surface area (Å²) < 4.78 is 56.0. The SMILES string of the molecule is CCCN(CCC)S(=O)(=O)c1ccc(C(=O)N(Cc2ccccn2)c2nc3c(F)cc(F)cc3s2)cc1. The normalized spacial score (nSPS) is 11.8. The molecule has 0 aliphatic carbocycles. The molecule has 0 atom stereocenters. The molecule has 0 spiro atoms. The first-order chi connectivity index (χ1) is 17.7. The van der Waals surface area contributed by atoms with Crippen molar-refractivity contribution in [3.63, 3.8) is 0 Å².